The largest absolute Gasteiger partial charge is 0.257 e. The Morgan fingerprint density at radius 3 is 2.47 bits per heavy atom. The fraction of sp³-hybridized carbons (Fsp3) is 0.412. The second-order valence-electron chi connectivity index (χ2n) is 5.02. The molecular formula is C17H22N2. The second kappa shape index (κ2) is 7.03. The van der Waals surface area contributed by atoms with E-state index in [2.05, 4.69) is 35.9 Å². The fourth-order valence-corrected chi connectivity index (χ4v) is 2.22. The first kappa shape index (κ1) is 13.7. The van der Waals surface area contributed by atoms with Crippen LogP contribution in [0.15, 0.2) is 36.7 Å². The van der Waals surface area contributed by atoms with E-state index in [0.29, 0.717) is 0 Å². The zero-order chi connectivity index (χ0) is 13.5. The molecule has 0 N–H and O–H groups in total. The Balaban J connectivity index is 2.01. The van der Waals surface area contributed by atoms with Crippen molar-refractivity contribution in [2.75, 3.05) is 0 Å². The molecule has 1 heterocycles. The van der Waals surface area contributed by atoms with E-state index in [9.17, 15) is 0 Å². The summed E-state index contributed by atoms with van der Waals surface area (Å²) in [5.41, 5.74) is 4.49. The summed E-state index contributed by atoms with van der Waals surface area (Å²) < 4.78 is 0. The van der Waals surface area contributed by atoms with Crippen LogP contribution in [-0.4, -0.2) is 9.97 Å². The third-order valence-electron chi connectivity index (χ3n) is 3.41. The van der Waals surface area contributed by atoms with Gasteiger partial charge in [0.1, 0.15) is 0 Å². The molecule has 0 saturated heterocycles. The minimum atomic E-state index is 0.968. The first-order valence-corrected chi connectivity index (χ1v) is 7.18. The highest BCUT2D eigenvalue weighted by molar-refractivity contribution is 5.62. The molecule has 0 radical (unpaired) electrons. The molecule has 0 bridgehead atoms. The molecule has 2 rings (SSSR count). The highest BCUT2D eigenvalue weighted by Gasteiger charge is 2.03. The molecule has 1 aromatic heterocycles. The van der Waals surface area contributed by atoms with Crippen molar-refractivity contribution in [3.63, 3.8) is 0 Å². The molecule has 0 saturated carbocycles. The molecule has 2 nitrogen and oxygen atoms in total. The molecule has 2 heteroatoms. The molecule has 0 aliphatic carbocycles. The molecule has 1 aromatic carbocycles. The lowest BCUT2D eigenvalue weighted by Crippen LogP contribution is -1.94. The van der Waals surface area contributed by atoms with E-state index >= 15 is 0 Å². The van der Waals surface area contributed by atoms with Crippen molar-refractivity contribution in [1.82, 2.24) is 9.97 Å². The Bertz CT molecular complexity index is 503. The Morgan fingerprint density at radius 2 is 1.79 bits per heavy atom. The van der Waals surface area contributed by atoms with Gasteiger partial charge >= 0.3 is 0 Å². The third-order valence-corrected chi connectivity index (χ3v) is 3.41. The number of hydrogen-bond acceptors (Lipinski definition) is 2. The van der Waals surface area contributed by atoms with Gasteiger partial charge in [-0.25, -0.2) is 0 Å². The average molecular weight is 254 g/mol. The van der Waals surface area contributed by atoms with Crippen LogP contribution < -0.4 is 0 Å². The van der Waals surface area contributed by atoms with E-state index in [1.165, 1.54) is 36.8 Å². The number of rotatable bonds is 6. The third kappa shape index (κ3) is 3.88. The maximum absolute atomic E-state index is 4.55. The van der Waals surface area contributed by atoms with Crippen LogP contribution in [0.1, 0.15) is 43.9 Å². The number of unbranched alkanes of at least 4 members (excludes halogenated alkanes) is 3. The van der Waals surface area contributed by atoms with Crippen LogP contribution in [0.4, 0.5) is 0 Å². The monoisotopic (exact) mass is 254 g/mol. The minimum absolute atomic E-state index is 0.968. The van der Waals surface area contributed by atoms with E-state index in [-0.39, 0.29) is 0 Å². The smallest absolute Gasteiger partial charge is 0.0888 e. The van der Waals surface area contributed by atoms with E-state index in [1.54, 1.807) is 0 Å². The van der Waals surface area contributed by atoms with Gasteiger partial charge in [0.25, 0.3) is 0 Å². The topological polar surface area (TPSA) is 25.8 Å². The molecule has 0 fully saturated rings. The summed E-state index contributed by atoms with van der Waals surface area (Å²) in [5.74, 6) is 0. The van der Waals surface area contributed by atoms with E-state index in [4.69, 9.17) is 0 Å². The SMILES string of the molecule is CCCCCCc1cnc(-c2ccccc2C)cn1. The Labute approximate surface area is 115 Å². The van der Waals surface area contributed by atoms with Gasteiger partial charge < -0.3 is 0 Å². The van der Waals surface area contributed by atoms with Gasteiger partial charge in [0.15, 0.2) is 0 Å². The number of hydrogen-bond donors (Lipinski definition) is 0. The minimum Gasteiger partial charge on any atom is -0.257 e. The van der Waals surface area contributed by atoms with Crippen LogP contribution in [0, 0.1) is 6.92 Å². The highest BCUT2D eigenvalue weighted by atomic mass is 14.8. The molecule has 100 valence electrons. The van der Waals surface area contributed by atoms with Gasteiger partial charge in [-0.15, -0.1) is 0 Å². The van der Waals surface area contributed by atoms with Crippen molar-refractivity contribution < 1.29 is 0 Å². The molecule has 0 unspecified atom stereocenters. The predicted octanol–water partition coefficient (Wildman–Crippen LogP) is 4.57. The second-order valence-corrected chi connectivity index (χ2v) is 5.02. The molecule has 0 amide bonds. The van der Waals surface area contributed by atoms with Gasteiger partial charge in [0.05, 0.1) is 17.6 Å². The van der Waals surface area contributed by atoms with Gasteiger partial charge in [-0.1, -0.05) is 50.5 Å². The Morgan fingerprint density at radius 1 is 0.947 bits per heavy atom. The van der Waals surface area contributed by atoms with Gasteiger partial charge in [-0.2, -0.15) is 0 Å². The summed E-state index contributed by atoms with van der Waals surface area (Å²) in [4.78, 5) is 9.08. The van der Waals surface area contributed by atoms with Crippen molar-refractivity contribution in [3.8, 4) is 11.3 Å². The molecular weight excluding hydrogens is 232 g/mol. The van der Waals surface area contributed by atoms with Crippen LogP contribution in [0.2, 0.25) is 0 Å². The van der Waals surface area contributed by atoms with Gasteiger partial charge in [0.2, 0.25) is 0 Å². The summed E-state index contributed by atoms with van der Waals surface area (Å²) in [6.07, 6.45) is 9.96. The number of aryl methyl sites for hydroxylation is 2. The van der Waals surface area contributed by atoms with Crippen LogP contribution in [0.5, 0.6) is 0 Å². The van der Waals surface area contributed by atoms with Crippen LogP contribution in [0.25, 0.3) is 11.3 Å². The molecule has 0 spiro atoms. The van der Waals surface area contributed by atoms with E-state index in [1.807, 2.05) is 24.5 Å². The number of benzene rings is 1. The Hall–Kier alpha value is -1.70. The first-order chi connectivity index (χ1) is 9.31. The van der Waals surface area contributed by atoms with E-state index in [0.717, 1.165) is 17.8 Å². The predicted molar refractivity (Wildman–Crippen MR) is 80.1 cm³/mol. The molecule has 0 aliphatic rings. The number of nitrogens with zero attached hydrogens (tertiary/aromatic N) is 2. The lowest BCUT2D eigenvalue weighted by atomic mass is 10.1. The molecule has 0 aliphatic heterocycles. The summed E-state index contributed by atoms with van der Waals surface area (Å²) in [5, 5.41) is 0. The van der Waals surface area contributed by atoms with Crippen LogP contribution >= 0.6 is 0 Å². The van der Waals surface area contributed by atoms with Crippen LogP contribution in [0.3, 0.4) is 0 Å². The summed E-state index contributed by atoms with van der Waals surface area (Å²) >= 11 is 0. The van der Waals surface area contributed by atoms with Crippen LogP contribution in [-0.2, 0) is 6.42 Å². The zero-order valence-electron chi connectivity index (χ0n) is 11.9. The first-order valence-electron chi connectivity index (χ1n) is 7.18. The zero-order valence-corrected chi connectivity index (χ0v) is 11.9. The van der Waals surface area contributed by atoms with Gasteiger partial charge in [-0.05, 0) is 25.3 Å². The standard InChI is InChI=1S/C17H22N2/c1-3-4-5-6-10-15-12-19-17(13-18-15)16-11-8-7-9-14(16)2/h7-9,11-13H,3-6,10H2,1-2H3. The van der Waals surface area contributed by atoms with Crippen molar-refractivity contribution in [2.24, 2.45) is 0 Å². The van der Waals surface area contributed by atoms with E-state index < -0.39 is 0 Å². The maximum Gasteiger partial charge on any atom is 0.0888 e. The maximum atomic E-state index is 4.55. The fourth-order valence-electron chi connectivity index (χ4n) is 2.22. The summed E-state index contributed by atoms with van der Waals surface area (Å²) in [6.45, 7) is 4.34. The average Bonchev–Trinajstić information content (AvgIpc) is 2.45. The van der Waals surface area contributed by atoms with Crippen molar-refractivity contribution in [3.05, 3.63) is 47.9 Å². The quantitative estimate of drug-likeness (QED) is 0.705. The molecule has 2 aromatic rings. The Kier molecular flexibility index (Phi) is 5.08. The lowest BCUT2D eigenvalue weighted by molar-refractivity contribution is 0.659. The normalized spacial score (nSPS) is 10.6. The van der Waals surface area contributed by atoms with Gasteiger partial charge in [-0.3, -0.25) is 9.97 Å². The summed E-state index contributed by atoms with van der Waals surface area (Å²) in [6, 6.07) is 8.30. The van der Waals surface area contributed by atoms with Gasteiger partial charge in [0, 0.05) is 11.8 Å². The van der Waals surface area contributed by atoms with Crippen molar-refractivity contribution >= 4 is 0 Å². The number of aromatic nitrogens is 2. The highest BCUT2D eigenvalue weighted by Crippen LogP contribution is 2.20. The lowest BCUT2D eigenvalue weighted by Gasteiger charge is -2.05. The molecule has 0 atom stereocenters. The summed E-state index contributed by atoms with van der Waals surface area (Å²) in [7, 11) is 0. The van der Waals surface area contributed by atoms with Crippen molar-refractivity contribution in [1.29, 1.82) is 0 Å². The van der Waals surface area contributed by atoms with Crippen molar-refractivity contribution in [2.45, 2.75) is 46.0 Å². The molecule has 19 heavy (non-hydrogen) atoms.